The zero-order chi connectivity index (χ0) is 27.0. The van der Waals surface area contributed by atoms with Crippen LogP contribution in [0.15, 0.2) is 60.8 Å². The van der Waals surface area contributed by atoms with E-state index in [9.17, 15) is 18.0 Å². The van der Waals surface area contributed by atoms with Crippen LogP contribution in [-0.4, -0.2) is 32.0 Å². The van der Waals surface area contributed by atoms with Crippen LogP contribution < -0.4 is 19.8 Å². The first-order valence-electron chi connectivity index (χ1n) is 11.6. The van der Waals surface area contributed by atoms with Crippen molar-refractivity contribution in [2.45, 2.75) is 25.5 Å². The van der Waals surface area contributed by atoms with Gasteiger partial charge in [-0.1, -0.05) is 29.8 Å². The van der Waals surface area contributed by atoms with E-state index in [4.69, 9.17) is 16.3 Å². The van der Waals surface area contributed by atoms with Crippen LogP contribution in [0.2, 0.25) is 0 Å². The van der Waals surface area contributed by atoms with Crippen molar-refractivity contribution in [2.24, 2.45) is 0 Å². The van der Waals surface area contributed by atoms with Gasteiger partial charge in [-0.05, 0) is 61.8 Å². The number of carbonyl (C=O) groups is 1. The van der Waals surface area contributed by atoms with E-state index in [1.165, 1.54) is 34.3 Å². The molecule has 1 N–H and O–H groups in total. The third-order valence-electron chi connectivity index (χ3n) is 6.14. The van der Waals surface area contributed by atoms with Gasteiger partial charge in [-0.3, -0.25) is 4.79 Å². The minimum atomic E-state index is -4.53. The third-order valence-corrected chi connectivity index (χ3v) is 7.29. The molecule has 196 valence electrons. The number of nitrogens with one attached hydrogen (secondary N) is 1. The molecule has 6 nitrogen and oxygen atoms in total. The summed E-state index contributed by atoms with van der Waals surface area (Å²) in [5, 5.41) is 3.78. The van der Waals surface area contributed by atoms with Crippen LogP contribution in [0, 0.1) is 13.8 Å². The summed E-state index contributed by atoms with van der Waals surface area (Å²) in [7, 11) is 0. The lowest BCUT2D eigenvalue weighted by Gasteiger charge is -2.25. The molecule has 0 radical (unpaired) electrons. The van der Waals surface area contributed by atoms with E-state index >= 15 is 0 Å². The molecular formula is C27H22ClF3N4O2S. The smallest absolute Gasteiger partial charge is 0.418 e. The van der Waals surface area contributed by atoms with Crippen molar-refractivity contribution in [1.29, 1.82) is 0 Å². The number of alkyl halides is 4. The molecule has 1 atom stereocenters. The van der Waals surface area contributed by atoms with Crippen molar-refractivity contribution in [1.82, 2.24) is 13.8 Å². The van der Waals surface area contributed by atoms with Gasteiger partial charge in [-0.25, -0.2) is 0 Å². The molecule has 0 saturated heterocycles. The summed E-state index contributed by atoms with van der Waals surface area (Å²) >= 11 is 7.80. The Bertz CT molecular complexity index is 1630. The Morgan fingerprint density at radius 2 is 1.95 bits per heavy atom. The Kier molecular flexibility index (Phi) is 6.93. The molecule has 1 amide bonds. The number of aromatic nitrogens is 2. The second-order valence-corrected chi connectivity index (χ2v) is 10.00. The second kappa shape index (κ2) is 10.2. The highest BCUT2D eigenvalue weighted by Gasteiger charge is 2.34. The molecule has 3 heterocycles. The quantitative estimate of drug-likeness (QED) is 0.259. The standard InChI is InChI=1S/C27H22ClF3N4O2S/c1-16-10-21(17(2)35(16)23-9-4-3-8-22(23)27(29,30)31)26(36)33-19-6-5-7-20(11-19)37-15-34-14-18-13-32-38-24(18)12-25(34)28/h3-14,25H,15H2,1-2H3,(H,33,36). The average molecular weight is 559 g/mol. The van der Waals surface area contributed by atoms with Gasteiger partial charge in [0.05, 0.1) is 21.3 Å². The Balaban J connectivity index is 1.32. The van der Waals surface area contributed by atoms with Crippen molar-refractivity contribution in [2.75, 3.05) is 12.0 Å². The van der Waals surface area contributed by atoms with Gasteiger partial charge in [-0.2, -0.15) is 17.5 Å². The highest BCUT2D eigenvalue weighted by molar-refractivity contribution is 7.03. The van der Waals surface area contributed by atoms with Crippen molar-refractivity contribution in [3.63, 3.8) is 0 Å². The number of fused-ring (bicyclic) bond motifs is 1. The van der Waals surface area contributed by atoms with E-state index in [-0.39, 0.29) is 23.5 Å². The highest BCUT2D eigenvalue weighted by atomic mass is 35.5. The molecule has 0 saturated carbocycles. The summed E-state index contributed by atoms with van der Waals surface area (Å²) in [6, 6.07) is 13.7. The number of anilines is 1. The first kappa shape index (κ1) is 25.9. The third kappa shape index (κ3) is 5.14. The molecule has 0 spiro atoms. The molecule has 0 aliphatic carbocycles. The fourth-order valence-electron chi connectivity index (χ4n) is 4.34. The van der Waals surface area contributed by atoms with E-state index in [1.54, 1.807) is 50.4 Å². The van der Waals surface area contributed by atoms with Crippen LogP contribution in [0.1, 0.15) is 27.3 Å². The predicted molar refractivity (Wildman–Crippen MR) is 142 cm³/mol. The van der Waals surface area contributed by atoms with Gasteiger partial charge >= 0.3 is 6.18 Å². The summed E-state index contributed by atoms with van der Waals surface area (Å²) in [5.41, 5.74) is 0.478. The van der Waals surface area contributed by atoms with Gasteiger partial charge in [0.15, 0.2) is 6.73 Å². The molecule has 1 aliphatic heterocycles. The van der Waals surface area contributed by atoms with Gasteiger partial charge in [0.1, 0.15) is 11.3 Å². The van der Waals surface area contributed by atoms with E-state index in [1.807, 2.05) is 17.2 Å². The maximum atomic E-state index is 13.6. The Morgan fingerprint density at radius 3 is 2.74 bits per heavy atom. The number of ether oxygens (including phenoxy) is 1. The predicted octanol–water partition coefficient (Wildman–Crippen LogP) is 5.26. The Morgan fingerprint density at radius 1 is 1.16 bits per heavy atom. The van der Waals surface area contributed by atoms with Gasteiger partial charge in [-0.15, -0.1) is 0 Å². The molecule has 1 aliphatic rings. The van der Waals surface area contributed by atoms with Gasteiger partial charge in [0, 0.05) is 40.8 Å². The number of halogens is 4. The van der Waals surface area contributed by atoms with Gasteiger partial charge < -0.3 is 19.5 Å². The number of hydrogen-bond acceptors (Lipinski definition) is 5. The molecule has 0 bridgehead atoms. The zero-order valence-electron chi connectivity index (χ0n) is 20.3. The normalized spacial score (nSPS) is 14.9. The lowest BCUT2D eigenvalue weighted by molar-refractivity contribution is -0.137. The van der Waals surface area contributed by atoms with E-state index in [2.05, 4.69) is 9.69 Å². The maximum absolute atomic E-state index is 13.6. The van der Waals surface area contributed by atoms with Crippen LogP contribution in [0.5, 0.6) is 5.75 Å². The molecule has 38 heavy (non-hydrogen) atoms. The number of para-hydroxylation sites is 1. The molecule has 5 rings (SSSR count). The van der Waals surface area contributed by atoms with Crippen LogP contribution >= 0.6 is 23.1 Å². The second-order valence-electron chi connectivity index (χ2n) is 8.72. The molecule has 2 aromatic carbocycles. The minimum absolute atomic E-state index is 0.0286. The molecular weight excluding hydrogens is 537 g/mol. The first-order chi connectivity index (χ1) is 18.1. The van der Waals surface area contributed by atoms with Crippen molar-refractivity contribution in [3.8, 4) is 11.4 Å². The monoisotopic (exact) mass is 558 g/mol. The number of aryl methyl sites for hydroxylation is 1. The van der Waals surface area contributed by atoms with Crippen LogP contribution in [-0.2, 0) is 6.18 Å². The lowest BCUT2D eigenvalue weighted by Crippen LogP contribution is -2.38. The number of amides is 1. The van der Waals surface area contributed by atoms with Crippen LogP contribution in [0.3, 0.4) is 0 Å². The molecule has 0 fully saturated rings. The van der Waals surface area contributed by atoms with Crippen molar-refractivity contribution >= 4 is 47.0 Å². The summed E-state index contributed by atoms with van der Waals surface area (Å²) in [4.78, 5) is 15.0. The number of hydrogen-bond donors (Lipinski definition) is 1. The first-order valence-corrected chi connectivity index (χ1v) is 12.8. The summed E-state index contributed by atoms with van der Waals surface area (Å²) < 4.78 is 53.4. The van der Waals surface area contributed by atoms with Crippen molar-refractivity contribution < 1.29 is 22.7 Å². The lowest BCUT2D eigenvalue weighted by atomic mass is 10.1. The van der Waals surface area contributed by atoms with Gasteiger partial charge in [0.25, 0.3) is 5.91 Å². The number of benzene rings is 2. The van der Waals surface area contributed by atoms with Crippen molar-refractivity contribution in [3.05, 3.63) is 93.1 Å². The zero-order valence-corrected chi connectivity index (χ0v) is 21.9. The minimum Gasteiger partial charge on any atom is -0.473 e. The number of carbonyl (C=O) groups excluding carboxylic acids is 1. The number of nitrogens with zero attached hydrogens (tertiary/aromatic N) is 3. The fraction of sp³-hybridized carbons (Fsp3) is 0.185. The number of rotatable bonds is 6. The molecule has 2 aromatic heterocycles. The fourth-order valence-corrected chi connectivity index (χ4v) is 5.34. The topological polar surface area (TPSA) is 59.4 Å². The van der Waals surface area contributed by atoms with E-state index < -0.39 is 17.6 Å². The Labute approximate surface area is 225 Å². The SMILES string of the molecule is Cc1cc(C(=O)Nc2cccc(OCN3C=c4cnsc4=CC3Cl)c2)c(C)n1-c1ccccc1C(F)(F)F. The molecule has 4 aromatic rings. The maximum Gasteiger partial charge on any atom is 0.418 e. The van der Waals surface area contributed by atoms with Gasteiger partial charge in [0.2, 0.25) is 0 Å². The van der Waals surface area contributed by atoms with E-state index in [0.29, 0.717) is 22.8 Å². The summed E-state index contributed by atoms with van der Waals surface area (Å²) in [6.07, 6.45) is 1.02. The molecule has 1 unspecified atom stereocenters. The van der Waals surface area contributed by atoms with Crippen LogP contribution in [0.25, 0.3) is 18.0 Å². The highest BCUT2D eigenvalue weighted by Crippen LogP contribution is 2.35. The average Bonchev–Trinajstić information content (AvgIpc) is 3.45. The summed E-state index contributed by atoms with van der Waals surface area (Å²) in [5.74, 6) is 0.0714. The largest absolute Gasteiger partial charge is 0.473 e. The Hall–Kier alpha value is -3.76. The van der Waals surface area contributed by atoms with Crippen LogP contribution in [0.4, 0.5) is 18.9 Å². The molecule has 11 heteroatoms. The van der Waals surface area contributed by atoms with E-state index in [0.717, 1.165) is 15.8 Å². The summed E-state index contributed by atoms with van der Waals surface area (Å²) in [6.45, 7) is 3.47.